The lowest BCUT2D eigenvalue weighted by molar-refractivity contribution is -0.118. The van der Waals surface area contributed by atoms with Crippen molar-refractivity contribution >= 4 is 40.1 Å². The highest BCUT2D eigenvalue weighted by molar-refractivity contribution is 8.15. The Hall–Kier alpha value is -2.11. The fourth-order valence-corrected chi connectivity index (χ4v) is 3.37. The zero-order valence-electron chi connectivity index (χ0n) is 13.1. The summed E-state index contributed by atoms with van der Waals surface area (Å²) in [7, 11) is 0. The minimum absolute atomic E-state index is 0.0260. The molecule has 1 atom stereocenters. The van der Waals surface area contributed by atoms with E-state index in [9.17, 15) is 4.79 Å². The first-order valence-electron chi connectivity index (χ1n) is 7.51. The van der Waals surface area contributed by atoms with Crippen LogP contribution < -0.4 is 5.32 Å². The third-order valence-electron chi connectivity index (χ3n) is 3.59. The Bertz CT molecular complexity index is 788. The van der Waals surface area contributed by atoms with Gasteiger partial charge < -0.3 is 5.32 Å². The lowest BCUT2D eigenvalue weighted by Gasteiger charge is -2.04. The first kappa shape index (κ1) is 16.7. The number of benzene rings is 2. The predicted molar refractivity (Wildman–Crippen MR) is 101 cm³/mol. The van der Waals surface area contributed by atoms with Gasteiger partial charge in [0.1, 0.15) is 0 Å². The van der Waals surface area contributed by atoms with Gasteiger partial charge in [0, 0.05) is 5.02 Å². The second kappa shape index (κ2) is 7.64. The lowest BCUT2D eigenvalue weighted by atomic mass is 10.1. The van der Waals surface area contributed by atoms with Crippen molar-refractivity contribution in [2.24, 2.45) is 10.2 Å². The van der Waals surface area contributed by atoms with Gasteiger partial charge in [-0.15, -0.1) is 5.10 Å². The van der Waals surface area contributed by atoms with Crippen molar-refractivity contribution in [3.05, 3.63) is 70.7 Å². The van der Waals surface area contributed by atoms with Crippen LogP contribution in [-0.2, 0) is 11.2 Å². The third kappa shape index (κ3) is 4.24. The second-order valence-corrected chi connectivity index (χ2v) is 7.01. The van der Waals surface area contributed by atoms with Crippen LogP contribution in [0.3, 0.4) is 0 Å². The summed E-state index contributed by atoms with van der Waals surface area (Å²) >= 11 is 7.29. The number of hydrogen-bond donors (Lipinski definition) is 1. The van der Waals surface area contributed by atoms with E-state index >= 15 is 0 Å². The standard InChI is InChI=1S/C18H16ClN3OS/c1-12(14-7-9-15(19)10-8-14)21-22-18-20-17(23)16(24-18)11-13-5-3-2-4-6-13/h2-10,16H,11H2,1H3,(H,20,22,23)/b21-12-/t16-/m0/s1. The third-order valence-corrected chi connectivity index (χ3v) is 4.92. The first-order chi connectivity index (χ1) is 11.6. The summed E-state index contributed by atoms with van der Waals surface area (Å²) in [6.07, 6.45) is 0.677. The van der Waals surface area contributed by atoms with Crippen LogP contribution in [0.4, 0.5) is 0 Å². The summed E-state index contributed by atoms with van der Waals surface area (Å²) in [5.74, 6) is -0.0260. The Balaban J connectivity index is 1.67. The van der Waals surface area contributed by atoms with Crippen molar-refractivity contribution in [3.63, 3.8) is 0 Å². The smallest absolute Gasteiger partial charge is 0.239 e. The Morgan fingerprint density at radius 1 is 1.17 bits per heavy atom. The van der Waals surface area contributed by atoms with Crippen LogP contribution in [0.15, 0.2) is 64.8 Å². The van der Waals surface area contributed by atoms with Gasteiger partial charge in [-0.2, -0.15) is 5.10 Å². The zero-order valence-corrected chi connectivity index (χ0v) is 14.6. The monoisotopic (exact) mass is 357 g/mol. The Morgan fingerprint density at radius 3 is 2.58 bits per heavy atom. The molecular formula is C18H16ClN3OS. The molecule has 1 aliphatic rings. The molecule has 0 radical (unpaired) electrons. The highest BCUT2D eigenvalue weighted by Crippen LogP contribution is 2.23. The van der Waals surface area contributed by atoms with E-state index in [4.69, 9.17) is 11.6 Å². The average Bonchev–Trinajstić information content (AvgIpc) is 2.94. The molecule has 1 aliphatic heterocycles. The molecule has 1 saturated heterocycles. The molecule has 0 bridgehead atoms. The maximum absolute atomic E-state index is 12.1. The van der Waals surface area contributed by atoms with Crippen molar-refractivity contribution in [1.29, 1.82) is 0 Å². The molecule has 0 aliphatic carbocycles. The Kier molecular flexibility index (Phi) is 5.33. The molecule has 6 heteroatoms. The molecule has 2 aromatic rings. The van der Waals surface area contributed by atoms with Crippen LogP contribution in [0.5, 0.6) is 0 Å². The van der Waals surface area contributed by atoms with Gasteiger partial charge in [-0.05, 0) is 36.6 Å². The van der Waals surface area contributed by atoms with E-state index in [0.717, 1.165) is 16.8 Å². The molecule has 1 heterocycles. The van der Waals surface area contributed by atoms with Gasteiger partial charge in [-0.25, -0.2) is 0 Å². The molecule has 2 aromatic carbocycles. The quantitative estimate of drug-likeness (QED) is 0.666. The summed E-state index contributed by atoms with van der Waals surface area (Å²) < 4.78 is 0. The number of hydrogen-bond acceptors (Lipinski definition) is 4. The number of carbonyl (C=O) groups is 1. The number of nitrogens with zero attached hydrogens (tertiary/aromatic N) is 2. The molecular weight excluding hydrogens is 342 g/mol. The van der Waals surface area contributed by atoms with E-state index in [-0.39, 0.29) is 11.2 Å². The SMILES string of the molecule is C/C(=N/N=C1/NC(=O)[C@H](Cc2ccccc2)S1)c1ccc(Cl)cc1. The van der Waals surface area contributed by atoms with Gasteiger partial charge in [0.25, 0.3) is 0 Å². The number of halogens is 1. The number of carbonyl (C=O) groups excluding carboxylic acids is 1. The summed E-state index contributed by atoms with van der Waals surface area (Å²) in [4.78, 5) is 12.1. The Labute approximate surface area is 150 Å². The predicted octanol–water partition coefficient (Wildman–Crippen LogP) is 3.89. The van der Waals surface area contributed by atoms with Crippen molar-refractivity contribution in [2.45, 2.75) is 18.6 Å². The zero-order chi connectivity index (χ0) is 16.9. The normalized spacial score (nSPS) is 19.6. The molecule has 0 saturated carbocycles. The van der Waals surface area contributed by atoms with Gasteiger partial charge in [0.2, 0.25) is 5.91 Å². The summed E-state index contributed by atoms with van der Waals surface area (Å²) in [5, 5.41) is 12.2. The van der Waals surface area contributed by atoms with E-state index in [2.05, 4.69) is 15.5 Å². The molecule has 0 unspecified atom stereocenters. The van der Waals surface area contributed by atoms with Crippen molar-refractivity contribution in [2.75, 3.05) is 0 Å². The summed E-state index contributed by atoms with van der Waals surface area (Å²) in [5.41, 5.74) is 2.84. The van der Waals surface area contributed by atoms with E-state index < -0.39 is 0 Å². The summed E-state index contributed by atoms with van der Waals surface area (Å²) in [6, 6.07) is 17.4. The summed E-state index contributed by atoms with van der Waals surface area (Å²) in [6.45, 7) is 1.87. The Morgan fingerprint density at radius 2 is 1.88 bits per heavy atom. The van der Waals surface area contributed by atoms with Crippen LogP contribution >= 0.6 is 23.4 Å². The molecule has 0 aromatic heterocycles. The van der Waals surface area contributed by atoms with Gasteiger partial charge in [0.15, 0.2) is 5.17 Å². The minimum atomic E-state index is -0.169. The van der Waals surface area contributed by atoms with Crippen molar-refractivity contribution in [1.82, 2.24) is 5.32 Å². The van der Waals surface area contributed by atoms with Gasteiger partial charge in [-0.3, -0.25) is 4.79 Å². The largest absolute Gasteiger partial charge is 0.303 e. The lowest BCUT2D eigenvalue weighted by Crippen LogP contribution is -2.25. The highest BCUT2D eigenvalue weighted by Gasteiger charge is 2.30. The van der Waals surface area contributed by atoms with Crippen LogP contribution in [0, 0.1) is 0 Å². The molecule has 24 heavy (non-hydrogen) atoms. The molecule has 0 spiro atoms. The van der Waals surface area contributed by atoms with E-state index in [1.807, 2.05) is 61.5 Å². The van der Waals surface area contributed by atoms with E-state index in [1.54, 1.807) is 0 Å². The molecule has 1 fully saturated rings. The van der Waals surface area contributed by atoms with Gasteiger partial charge >= 0.3 is 0 Å². The van der Waals surface area contributed by atoms with Crippen LogP contribution in [-0.4, -0.2) is 22.0 Å². The van der Waals surface area contributed by atoms with Gasteiger partial charge in [0.05, 0.1) is 11.0 Å². The number of thioether (sulfide) groups is 1. The maximum Gasteiger partial charge on any atom is 0.239 e. The molecule has 1 amide bonds. The van der Waals surface area contributed by atoms with Crippen LogP contribution in [0.1, 0.15) is 18.1 Å². The number of nitrogens with one attached hydrogen (secondary N) is 1. The minimum Gasteiger partial charge on any atom is -0.303 e. The van der Waals surface area contributed by atoms with E-state index in [0.29, 0.717) is 16.6 Å². The highest BCUT2D eigenvalue weighted by atomic mass is 35.5. The molecule has 3 rings (SSSR count). The number of amides is 1. The van der Waals surface area contributed by atoms with Crippen molar-refractivity contribution in [3.8, 4) is 0 Å². The molecule has 122 valence electrons. The maximum atomic E-state index is 12.1. The molecule has 4 nitrogen and oxygen atoms in total. The number of amidine groups is 1. The fourth-order valence-electron chi connectivity index (χ4n) is 2.28. The topological polar surface area (TPSA) is 53.8 Å². The fraction of sp³-hybridized carbons (Fsp3) is 0.167. The first-order valence-corrected chi connectivity index (χ1v) is 8.77. The average molecular weight is 358 g/mol. The van der Waals surface area contributed by atoms with Gasteiger partial charge in [-0.1, -0.05) is 65.8 Å². The molecule has 1 N–H and O–H groups in total. The van der Waals surface area contributed by atoms with E-state index in [1.165, 1.54) is 11.8 Å². The van der Waals surface area contributed by atoms with Crippen molar-refractivity contribution < 1.29 is 4.79 Å². The number of rotatable bonds is 4. The van der Waals surface area contributed by atoms with Crippen LogP contribution in [0.2, 0.25) is 5.02 Å². The second-order valence-electron chi connectivity index (χ2n) is 5.38. The van der Waals surface area contributed by atoms with Crippen LogP contribution in [0.25, 0.3) is 0 Å².